The summed E-state index contributed by atoms with van der Waals surface area (Å²) in [6.45, 7) is 3.86. The predicted octanol–water partition coefficient (Wildman–Crippen LogP) is 5.78. The van der Waals surface area contributed by atoms with Gasteiger partial charge in [-0.3, -0.25) is 9.59 Å². The summed E-state index contributed by atoms with van der Waals surface area (Å²) < 4.78 is 6.80. The fraction of sp³-hybridized carbons (Fsp3) is 0.125. The van der Waals surface area contributed by atoms with Crippen molar-refractivity contribution < 1.29 is 19.1 Å². The van der Waals surface area contributed by atoms with Gasteiger partial charge in [-0.2, -0.15) is 0 Å². The molecule has 1 aromatic heterocycles. The lowest BCUT2D eigenvalue weighted by atomic mass is 10.2. The summed E-state index contributed by atoms with van der Waals surface area (Å²) in [6.07, 6.45) is 1.73. The molecule has 32 heavy (non-hydrogen) atoms. The van der Waals surface area contributed by atoms with E-state index in [4.69, 9.17) is 16.3 Å². The molecule has 162 valence electrons. The molecule has 0 radical (unpaired) electrons. The highest BCUT2D eigenvalue weighted by molar-refractivity contribution is 8.19. The van der Waals surface area contributed by atoms with Crippen LogP contribution in [-0.2, 0) is 9.53 Å². The first kappa shape index (κ1) is 21.9. The quantitative estimate of drug-likeness (QED) is 0.360. The number of hydrogen-bond acceptors (Lipinski definition) is 5. The number of nitrogens with zero attached hydrogens (tertiary/aromatic N) is 2. The Labute approximate surface area is 194 Å². The van der Waals surface area contributed by atoms with Gasteiger partial charge in [0.25, 0.3) is 11.1 Å². The summed E-state index contributed by atoms with van der Waals surface area (Å²) >= 11 is 6.81. The number of carbonyl (C=O) groups excluding carboxylic acids is 3. The van der Waals surface area contributed by atoms with E-state index in [-0.39, 0.29) is 11.1 Å². The Morgan fingerprint density at radius 3 is 2.44 bits per heavy atom. The Hall–Kier alpha value is -3.29. The number of halogens is 1. The molecule has 1 aliphatic rings. The number of esters is 1. The second-order valence-corrected chi connectivity index (χ2v) is 8.63. The van der Waals surface area contributed by atoms with Gasteiger partial charge in [0.15, 0.2) is 0 Å². The molecule has 0 saturated carbocycles. The number of anilines is 1. The molecule has 1 aliphatic heterocycles. The molecule has 0 bridgehead atoms. The van der Waals surface area contributed by atoms with Gasteiger partial charge in [-0.15, -0.1) is 0 Å². The maximum atomic E-state index is 13.0. The zero-order valence-corrected chi connectivity index (χ0v) is 19.2. The highest BCUT2D eigenvalue weighted by Gasteiger charge is 2.36. The van der Waals surface area contributed by atoms with Crippen LogP contribution in [0.4, 0.5) is 10.5 Å². The number of methoxy groups -OCH3 is 1. The first-order chi connectivity index (χ1) is 15.3. The van der Waals surface area contributed by atoms with Crippen LogP contribution >= 0.6 is 23.4 Å². The molecule has 0 atom stereocenters. The summed E-state index contributed by atoms with van der Waals surface area (Å²) in [5.74, 6) is -0.787. The second kappa shape index (κ2) is 8.68. The van der Waals surface area contributed by atoms with Crippen molar-refractivity contribution in [2.45, 2.75) is 13.8 Å². The van der Waals surface area contributed by atoms with Crippen LogP contribution in [0.3, 0.4) is 0 Å². The Balaban J connectivity index is 1.69. The van der Waals surface area contributed by atoms with Gasteiger partial charge in [0, 0.05) is 22.1 Å². The molecule has 4 rings (SSSR count). The van der Waals surface area contributed by atoms with Crippen molar-refractivity contribution in [2.75, 3.05) is 12.0 Å². The molecular weight excluding hydrogens is 448 g/mol. The van der Waals surface area contributed by atoms with Crippen LogP contribution in [0.25, 0.3) is 11.8 Å². The van der Waals surface area contributed by atoms with E-state index >= 15 is 0 Å². The van der Waals surface area contributed by atoms with E-state index in [1.54, 1.807) is 48.5 Å². The molecule has 2 heterocycles. The van der Waals surface area contributed by atoms with Crippen LogP contribution in [0.1, 0.15) is 27.3 Å². The van der Waals surface area contributed by atoms with E-state index in [1.165, 1.54) is 7.11 Å². The third-order valence-electron chi connectivity index (χ3n) is 5.16. The Morgan fingerprint density at radius 1 is 1.03 bits per heavy atom. The first-order valence-corrected chi connectivity index (χ1v) is 10.9. The standard InChI is InChI=1S/C24H19ClN2O4S/c1-14-11-17(15(2)26(14)20-6-4-5-16(12-20)23(29)31-3)13-21-22(28)27(24(30)32-21)19-9-7-18(25)8-10-19/h4-13H,1-3H3/b21-13+. The van der Waals surface area contributed by atoms with Gasteiger partial charge in [0.1, 0.15) is 0 Å². The molecule has 0 aliphatic carbocycles. The average Bonchev–Trinajstić information content (AvgIpc) is 3.22. The number of rotatable bonds is 4. The summed E-state index contributed by atoms with van der Waals surface area (Å²) in [5, 5.41) is 0.170. The third kappa shape index (κ3) is 3.97. The minimum absolute atomic E-state index is 0.341. The SMILES string of the molecule is COC(=O)c1cccc(-n2c(C)cc(/C=C3/SC(=O)N(c4ccc(Cl)cc4)C3=O)c2C)c1. The molecule has 0 spiro atoms. The second-order valence-electron chi connectivity index (χ2n) is 7.20. The van der Waals surface area contributed by atoms with Crippen molar-refractivity contribution in [3.05, 3.63) is 87.0 Å². The van der Waals surface area contributed by atoms with Crippen molar-refractivity contribution >= 4 is 52.2 Å². The van der Waals surface area contributed by atoms with E-state index in [2.05, 4.69) is 0 Å². The monoisotopic (exact) mass is 466 g/mol. The van der Waals surface area contributed by atoms with Crippen molar-refractivity contribution in [1.29, 1.82) is 0 Å². The van der Waals surface area contributed by atoms with Crippen LogP contribution in [0, 0.1) is 13.8 Å². The number of hydrogen-bond donors (Lipinski definition) is 0. The number of ether oxygens (including phenoxy) is 1. The van der Waals surface area contributed by atoms with Gasteiger partial charge in [0.05, 0.1) is 23.3 Å². The van der Waals surface area contributed by atoms with Crippen LogP contribution < -0.4 is 4.90 Å². The number of aryl methyl sites for hydroxylation is 1. The molecule has 1 saturated heterocycles. The van der Waals surface area contributed by atoms with Crippen LogP contribution in [-0.4, -0.2) is 28.8 Å². The van der Waals surface area contributed by atoms with Crippen LogP contribution in [0.5, 0.6) is 0 Å². The van der Waals surface area contributed by atoms with Crippen molar-refractivity contribution in [3.8, 4) is 5.69 Å². The van der Waals surface area contributed by atoms with Gasteiger partial charge < -0.3 is 9.30 Å². The highest BCUT2D eigenvalue weighted by atomic mass is 35.5. The number of carbonyl (C=O) groups is 3. The van der Waals surface area contributed by atoms with E-state index in [0.29, 0.717) is 21.2 Å². The smallest absolute Gasteiger partial charge is 0.337 e. The van der Waals surface area contributed by atoms with Gasteiger partial charge >= 0.3 is 5.97 Å². The lowest BCUT2D eigenvalue weighted by molar-refractivity contribution is -0.113. The molecule has 2 aromatic carbocycles. The first-order valence-electron chi connectivity index (χ1n) is 9.71. The Bertz CT molecular complexity index is 1280. The maximum absolute atomic E-state index is 13.0. The normalized spacial score (nSPS) is 15.0. The fourth-order valence-corrected chi connectivity index (χ4v) is 4.60. The number of imide groups is 1. The highest BCUT2D eigenvalue weighted by Crippen LogP contribution is 2.37. The molecule has 1 fully saturated rings. The molecule has 3 aromatic rings. The average molecular weight is 467 g/mol. The van der Waals surface area contributed by atoms with Gasteiger partial charge in [0.2, 0.25) is 0 Å². The molecule has 0 unspecified atom stereocenters. The van der Waals surface area contributed by atoms with Crippen LogP contribution in [0.15, 0.2) is 59.5 Å². The number of amides is 2. The van der Waals surface area contributed by atoms with E-state index in [0.717, 1.165) is 39.3 Å². The zero-order valence-electron chi connectivity index (χ0n) is 17.6. The minimum Gasteiger partial charge on any atom is -0.465 e. The molecule has 6 nitrogen and oxygen atoms in total. The number of aromatic nitrogens is 1. The summed E-state index contributed by atoms with van der Waals surface area (Å²) in [6, 6.07) is 15.6. The van der Waals surface area contributed by atoms with E-state index in [1.807, 2.05) is 30.5 Å². The van der Waals surface area contributed by atoms with E-state index in [9.17, 15) is 14.4 Å². The van der Waals surface area contributed by atoms with Crippen LogP contribution in [0.2, 0.25) is 5.02 Å². The minimum atomic E-state index is -0.412. The van der Waals surface area contributed by atoms with E-state index < -0.39 is 5.97 Å². The summed E-state index contributed by atoms with van der Waals surface area (Å²) in [5.41, 5.74) is 4.34. The topological polar surface area (TPSA) is 68.6 Å². The van der Waals surface area contributed by atoms with Crippen molar-refractivity contribution in [3.63, 3.8) is 0 Å². The van der Waals surface area contributed by atoms with Gasteiger partial charge in [-0.25, -0.2) is 9.69 Å². The zero-order chi connectivity index (χ0) is 23.0. The molecule has 8 heteroatoms. The summed E-state index contributed by atoms with van der Waals surface area (Å²) in [4.78, 5) is 38.9. The fourth-order valence-electron chi connectivity index (χ4n) is 3.64. The molecular formula is C24H19ClN2O4S. The Morgan fingerprint density at radius 2 is 1.75 bits per heavy atom. The van der Waals surface area contributed by atoms with Crippen molar-refractivity contribution in [1.82, 2.24) is 4.57 Å². The number of thioether (sulfide) groups is 1. The Kier molecular flexibility index (Phi) is 5.95. The van der Waals surface area contributed by atoms with Gasteiger partial charge in [-0.1, -0.05) is 17.7 Å². The van der Waals surface area contributed by atoms with Gasteiger partial charge in [-0.05, 0) is 85.8 Å². The third-order valence-corrected chi connectivity index (χ3v) is 6.28. The maximum Gasteiger partial charge on any atom is 0.337 e. The molecule has 0 N–H and O–H groups in total. The predicted molar refractivity (Wildman–Crippen MR) is 126 cm³/mol. The van der Waals surface area contributed by atoms with Crippen molar-refractivity contribution in [2.24, 2.45) is 0 Å². The largest absolute Gasteiger partial charge is 0.465 e. The summed E-state index contributed by atoms with van der Waals surface area (Å²) in [7, 11) is 1.34. The molecule has 2 amide bonds. The lowest BCUT2D eigenvalue weighted by Crippen LogP contribution is -2.27. The lowest BCUT2D eigenvalue weighted by Gasteiger charge is -2.12. The number of benzene rings is 2.